The number of rotatable bonds is 5. The molecule has 76 valence electrons. The lowest BCUT2D eigenvalue weighted by Gasteiger charge is -2.03. The molecule has 1 heteroatoms. The molecule has 1 nitrogen and oxygen atoms in total. The molecule has 0 aromatic rings. The molecule has 0 saturated carbocycles. The normalized spacial score (nSPS) is 14.1. The van der Waals surface area contributed by atoms with E-state index in [0.717, 1.165) is 19.3 Å². The lowest BCUT2D eigenvalue weighted by Crippen LogP contribution is -1.99. The molecule has 13 heavy (non-hydrogen) atoms. The average Bonchev–Trinajstić information content (AvgIpc) is 2.03. The number of hydrogen-bond acceptors (Lipinski definition) is 1. The minimum atomic E-state index is -0.258. The first-order chi connectivity index (χ1) is 6.06. The molecule has 0 spiro atoms. The Morgan fingerprint density at radius 3 is 2.38 bits per heavy atom. The van der Waals surface area contributed by atoms with Crippen molar-refractivity contribution in [2.24, 2.45) is 0 Å². The molecule has 0 unspecified atom stereocenters. The van der Waals surface area contributed by atoms with Crippen LogP contribution in [0.1, 0.15) is 47.0 Å². The first kappa shape index (κ1) is 12.4. The summed E-state index contributed by atoms with van der Waals surface area (Å²) in [5.41, 5.74) is 2.65. The number of aliphatic hydroxyl groups is 1. The Balaban J connectivity index is 3.80. The van der Waals surface area contributed by atoms with E-state index in [2.05, 4.69) is 26.8 Å². The van der Waals surface area contributed by atoms with Gasteiger partial charge in [-0.15, -0.1) is 0 Å². The summed E-state index contributed by atoms with van der Waals surface area (Å²) in [5, 5.41) is 9.35. The van der Waals surface area contributed by atoms with E-state index in [-0.39, 0.29) is 6.10 Å². The van der Waals surface area contributed by atoms with E-state index in [0.29, 0.717) is 0 Å². The van der Waals surface area contributed by atoms with E-state index in [1.165, 1.54) is 11.1 Å². The Kier molecular flexibility index (Phi) is 6.61. The maximum Gasteiger partial charge on any atom is 0.0720 e. The van der Waals surface area contributed by atoms with E-state index < -0.39 is 0 Å². The van der Waals surface area contributed by atoms with Gasteiger partial charge < -0.3 is 5.11 Å². The highest BCUT2D eigenvalue weighted by Gasteiger charge is 1.96. The maximum atomic E-state index is 9.35. The summed E-state index contributed by atoms with van der Waals surface area (Å²) in [5.74, 6) is 0. The van der Waals surface area contributed by atoms with Crippen molar-refractivity contribution in [3.8, 4) is 0 Å². The van der Waals surface area contributed by atoms with E-state index in [4.69, 9.17) is 0 Å². The molecule has 0 amide bonds. The Bertz CT molecular complexity index is 185. The van der Waals surface area contributed by atoms with Gasteiger partial charge >= 0.3 is 0 Å². The highest BCUT2D eigenvalue weighted by Crippen LogP contribution is 2.08. The maximum absolute atomic E-state index is 9.35. The summed E-state index contributed by atoms with van der Waals surface area (Å²) in [6, 6.07) is 0. The molecule has 0 heterocycles. The molecule has 0 aliphatic carbocycles. The van der Waals surface area contributed by atoms with Gasteiger partial charge in [-0.25, -0.2) is 0 Å². The molecule has 1 atom stereocenters. The van der Waals surface area contributed by atoms with Crippen LogP contribution in [0.15, 0.2) is 23.3 Å². The molecular weight excluding hydrogens is 160 g/mol. The van der Waals surface area contributed by atoms with Crippen LogP contribution in [0.2, 0.25) is 0 Å². The molecule has 0 radical (unpaired) electrons. The largest absolute Gasteiger partial charge is 0.389 e. The molecule has 0 saturated heterocycles. The SMILES string of the molecule is CC[C@@H](O)/C=C(\C)CCC=C(C)C. The third kappa shape index (κ3) is 7.79. The van der Waals surface area contributed by atoms with Crippen molar-refractivity contribution < 1.29 is 5.11 Å². The number of hydrogen-bond donors (Lipinski definition) is 1. The van der Waals surface area contributed by atoms with Crippen molar-refractivity contribution in [3.05, 3.63) is 23.3 Å². The van der Waals surface area contributed by atoms with E-state index in [1.807, 2.05) is 13.0 Å². The summed E-state index contributed by atoms with van der Waals surface area (Å²) in [7, 11) is 0. The van der Waals surface area contributed by atoms with Crippen molar-refractivity contribution >= 4 is 0 Å². The van der Waals surface area contributed by atoms with Gasteiger partial charge in [-0.2, -0.15) is 0 Å². The van der Waals surface area contributed by atoms with Crippen LogP contribution < -0.4 is 0 Å². The molecule has 0 aliphatic heterocycles. The quantitative estimate of drug-likeness (QED) is 0.646. The van der Waals surface area contributed by atoms with E-state index in [1.54, 1.807) is 0 Å². The van der Waals surface area contributed by atoms with Crippen molar-refractivity contribution in [3.63, 3.8) is 0 Å². The Hall–Kier alpha value is -0.560. The van der Waals surface area contributed by atoms with Gasteiger partial charge in [0.1, 0.15) is 0 Å². The second-order valence-corrected chi connectivity index (χ2v) is 3.81. The molecule has 0 aromatic carbocycles. The van der Waals surface area contributed by atoms with Gasteiger partial charge in [0.05, 0.1) is 6.10 Å². The minimum Gasteiger partial charge on any atom is -0.389 e. The summed E-state index contributed by atoms with van der Waals surface area (Å²) in [4.78, 5) is 0. The van der Waals surface area contributed by atoms with Gasteiger partial charge in [-0.05, 0) is 40.0 Å². The average molecular weight is 182 g/mol. The van der Waals surface area contributed by atoms with E-state index >= 15 is 0 Å². The zero-order valence-electron chi connectivity index (χ0n) is 9.30. The Labute approximate surface area is 82.2 Å². The van der Waals surface area contributed by atoms with Gasteiger partial charge in [0, 0.05) is 0 Å². The van der Waals surface area contributed by atoms with Crippen LogP contribution in [-0.2, 0) is 0 Å². The molecule has 0 bridgehead atoms. The summed E-state index contributed by atoms with van der Waals surface area (Å²) in [6.07, 6.45) is 6.88. The van der Waals surface area contributed by atoms with Crippen LogP contribution in [0.25, 0.3) is 0 Å². The van der Waals surface area contributed by atoms with Crippen molar-refractivity contribution in [2.75, 3.05) is 0 Å². The molecule has 0 aromatic heterocycles. The van der Waals surface area contributed by atoms with Crippen molar-refractivity contribution in [1.82, 2.24) is 0 Å². The van der Waals surface area contributed by atoms with Crippen LogP contribution in [0, 0.1) is 0 Å². The summed E-state index contributed by atoms with van der Waals surface area (Å²) < 4.78 is 0. The Morgan fingerprint density at radius 1 is 1.31 bits per heavy atom. The predicted molar refractivity (Wildman–Crippen MR) is 58.7 cm³/mol. The van der Waals surface area contributed by atoms with Crippen LogP contribution in [0.4, 0.5) is 0 Å². The predicted octanol–water partition coefficient (Wildman–Crippen LogP) is 3.45. The minimum absolute atomic E-state index is 0.258. The number of aliphatic hydroxyl groups excluding tert-OH is 1. The third-order valence-electron chi connectivity index (χ3n) is 1.99. The fourth-order valence-electron chi connectivity index (χ4n) is 1.12. The van der Waals surface area contributed by atoms with Gasteiger partial charge in [0.2, 0.25) is 0 Å². The van der Waals surface area contributed by atoms with Gasteiger partial charge in [-0.1, -0.05) is 30.2 Å². The smallest absolute Gasteiger partial charge is 0.0720 e. The van der Waals surface area contributed by atoms with Gasteiger partial charge in [-0.3, -0.25) is 0 Å². The van der Waals surface area contributed by atoms with Crippen LogP contribution in [0.5, 0.6) is 0 Å². The molecule has 0 rings (SSSR count). The first-order valence-electron chi connectivity index (χ1n) is 5.05. The molecule has 1 N–H and O–H groups in total. The summed E-state index contributed by atoms with van der Waals surface area (Å²) >= 11 is 0. The van der Waals surface area contributed by atoms with Crippen LogP contribution in [-0.4, -0.2) is 11.2 Å². The fraction of sp³-hybridized carbons (Fsp3) is 0.667. The second-order valence-electron chi connectivity index (χ2n) is 3.81. The second kappa shape index (κ2) is 6.90. The van der Waals surface area contributed by atoms with Crippen LogP contribution in [0.3, 0.4) is 0 Å². The van der Waals surface area contributed by atoms with E-state index in [9.17, 15) is 5.11 Å². The lowest BCUT2D eigenvalue weighted by molar-refractivity contribution is 0.218. The number of allylic oxidation sites excluding steroid dienone is 3. The summed E-state index contributed by atoms with van der Waals surface area (Å²) in [6.45, 7) is 8.29. The van der Waals surface area contributed by atoms with Gasteiger partial charge in [0.15, 0.2) is 0 Å². The molecule has 0 aliphatic rings. The fourth-order valence-corrected chi connectivity index (χ4v) is 1.12. The zero-order chi connectivity index (χ0) is 10.3. The highest BCUT2D eigenvalue weighted by molar-refractivity contribution is 5.04. The van der Waals surface area contributed by atoms with Gasteiger partial charge in [0.25, 0.3) is 0 Å². The molecular formula is C12H22O. The van der Waals surface area contributed by atoms with Crippen molar-refractivity contribution in [2.45, 2.75) is 53.1 Å². The standard InChI is InChI=1S/C12H22O/c1-5-12(13)9-11(4)8-6-7-10(2)3/h7,9,12-13H,5-6,8H2,1-4H3/b11-9+/t12-/m1/s1. The topological polar surface area (TPSA) is 20.2 Å². The third-order valence-corrected chi connectivity index (χ3v) is 1.99. The monoisotopic (exact) mass is 182 g/mol. The van der Waals surface area contributed by atoms with Crippen molar-refractivity contribution in [1.29, 1.82) is 0 Å². The first-order valence-corrected chi connectivity index (χ1v) is 5.05. The lowest BCUT2D eigenvalue weighted by atomic mass is 10.1. The van der Waals surface area contributed by atoms with Crippen LogP contribution >= 0.6 is 0 Å². The Morgan fingerprint density at radius 2 is 1.92 bits per heavy atom. The highest BCUT2D eigenvalue weighted by atomic mass is 16.3. The molecule has 0 fully saturated rings. The zero-order valence-corrected chi connectivity index (χ0v) is 9.30.